The molecular formula is C28H21F3N2O3. The quantitative estimate of drug-likeness (QED) is 0.315. The number of aliphatic carboxylic acids is 1. The van der Waals surface area contributed by atoms with E-state index in [1.807, 2.05) is 42.5 Å². The second-order valence-electron chi connectivity index (χ2n) is 8.12. The molecule has 1 unspecified atom stereocenters. The molecule has 2 N–H and O–H groups in total. The third-order valence-corrected chi connectivity index (χ3v) is 5.64. The lowest BCUT2D eigenvalue weighted by Crippen LogP contribution is -2.30. The van der Waals surface area contributed by atoms with Gasteiger partial charge in [0.1, 0.15) is 0 Å². The molecule has 1 heterocycles. The maximum atomic E-state index is 12.9. The summed E-state index contributed by atoms with van der Waals surface area (Å²) in [5.41, 5.74) is 2.94. The molecule has 1 atom stereocenters. The van der Waals surface area contributed by atoms with Crippen molar-refractivity contribution in [3.63, 3.8) is 0 Å². The van der Waals surface area contributed by atoms with Crippen LogP contribution in [0.25, 0.3) is 22.4 Å². The Bertz CT molecular complexity index is 1340. The van der Waals surface area contributed by atoms with Crippen LogP contribution >= 0.6 is 0 Å². The molecule has 0 radical (unpaired) electrons. The molecule has 0 saturated carbocycles. The summed E-state index contributed by atoms with van der Waals surface area (Å²) in [5.74, 6) is -1.53. The second kappa shape index (κ2) is 10.4. The first-order chi connectivity index (χ1) is 17.2. The SMILES string of the molecule is O=C(O)CC(NC(=O)c1ccc(-c2ccc(C(F)(F)F)cn2)cc1)c1ccc(-c2ccccc2)cc1. The van der Waals surface area contributed by atoms with Gasteiger partial charge in [0.15, 0.2) is 0 Å². The minimum absolute atomic E-state index is 0.280. The van der Waals surface area contributed by atoms with Crippen LogP contribution in [0, 0.1) is 0 Å². The van der Waals surface area contributed by atoms with Gasteiger partial charge in [-0.25, -0.2) is 0 Å². The zero-order valence-corrected chi connectivity index (χ0v) is 18.9. The van der Waals surface area contributed by atoms with Crippen molar-refractivity contribution in [2.75, 3.05) is 0 Å². The highest BCUT2D eigenvalue weighted by Crippen LogP contribution is 2.30. The van der Waals surface area contributed by atoms with Crippen molar-refractivity contribution in [2.45, 2.75) is 18.6 Å². The highest BCUT2D eigenvalue weighted by molar-refractivity contribution is 5.95. The Morgan fingerprint density at radius 1 is 0.806 bits per heavy atom. The average molecular weight is 490 g/mol. The van der Waals surface area contributed by atoms with Gasteiger partial charge in [-0.15, -0.1) is 0 Å². The molecule has 0 aliphatic heterocycles. The molecule has 0 bridgehead atoms. The number of nitrogens with one attached hydrogen (secondary N) is 1. The van der Waals surface area contributed by atoms with E-state index in [0.29, 0.717) is 16.8 Å². The molecule has 182 valence electrons. The summed E-state index contributed by atoms with van der Waals surface area (Å²) in [6.07, 6.45) is -4.01. The van der Waals surface area contributed by atoms with E-state index < -0.39 is 29.7 Å². The summed E-state index contributed by atoms with van der Waals surface area (Å²) < 4.78 is 38.2. The van der Waals surface area contributed by atoms with E-state index in [1.54, 1.807) is 24.3 Å². The van der Waals surface area contributed by atoms with Crippen LogP contribution < -0.4 is 5.32 Å². The zero-order chi connectivity index (χ0) is 25.7. The summed E-state index contributed by atoms with van der Waals surface area (Å²) in [7, 11) is 0. The maximum Gasteiger partial charge on any atom is 0.417 e. The molecule has 4 rings (SSSR count). The summed E-state index contributed by atoms with van der Waals surface area (Å²) in [6.45, 7) is 0. The summed E-state index contributed by atoms with van der Waals surface area (Å²) in [4.78, 5) is 28.2. The highest BCUT2D eigenvalue weighted by atomic mass is 19.4. The largest absolute Gasteiger partial charge is 0.481 e. The molecule has 36 heavy (non-hydrogen) atoms. The van der Waals surface area contributed by atoms with Crippen molar-refractivity contribution in [1.82, 2.24) is 10.3 Å². The van der Waals surface area contributed by atoms with Crippen LogP contribution in [0.1, 0.15) is 33.9 Å². The molecule has 0 spiro atoms. The van der Waals surface area contributed by atoms with Crippen LogP contribution in [0.2, 0.25) is 0 Å². The molecule has 1 amide bonds. The number of alkyl halides is 3. The van der Waals surface area contributed by atoms with E-state index >= 15 is 0 Å². The smallest absolute Gasteiger partial charge is 0.417 e. The summed E-state index contributed by atoms with van der Waals surface area (Å²) in [5, 5.41) is 12.1. The van der Waals surface area contributed by atoms with Crippen LogP contribution in [-0.4, -0.2) is 22.0 Å². The topological polar surface area (TPSA) is 79.3 Å². The number of amides is 1. The lowest BCUT2D eigenvalue weighted by molar-refractivity contribution is -0.138. The Morgan fingerprint density at radius 3 is 1.97 bits per heavy atom. The van der Waals surface area contributed by atoms with E-state index in [1.165, 1.54) is 18.2 Å². The second-order valence-corrected chi connectivity index (χ2v) is 8.12. The van der Waals surface area contributed by atoms with Crippen LogP contribution in [0.3, 0.4) is 0 Å². The Morgan fingerprint density at radius 2 is 1.42 bits per heavy atom. The molecule has 5 nitrogen and oxygen atoms in total. The molecule has 1 aromatic heterocycles. The number of benzene rings is 3. The Hall–Kier alpha value is -4.46. The monoisotopic (exact) mass is 490 g/mol. The lowest BCUT2D eigenvalue weighted by Gasteiger charge is -2.18. The van der Waals surface area contributed by atoms with E-state index in [0.717, 1.165) is 23.4 Å². The number of hydrogen-bond acceptors (Lipinski definition) is 3. The van der Waals surface area contributed by atoms with Gasteiger partial charge in [0.25, 0.3) is 5.91 Å². The first-order valence-electron chi connectivity index (χ1n) is 11.0. The van der Waals surface area contributed by atoms with E-state index in [4.69, 9.17) is 0 Å². The van der Waals surface area contributed by atoms with Crippen molar-refractivity contribution >= 4 is 11.9 Å². The Balaban J connectivity index is 1.49. The number of carbonyl (C=O) groups is 2. The van der Waals surface area contributed by atoms with Crippen LogP contribution in [0.4, 0.5) is 13.2 Å². The van der Waals surface area contributed by atoms with Gasteiger partial charge < -0.3 is 10.4 Å². The number of hydrogen-bond donors (Lipinski definition) is 2. The van der Waals surface area contributed by atoms with Crippen molar-refractivity contribution in [1.29, 1.82) is 0 Å². The minimum Gasteiger partial charge on any atom is -0.481 e. The van der Waals surface area contributed by atoms with Crippen LogP contribution in [0.5, 0.6) is 0 Å². The minimum atomic E-state index is -4.47. The van der Waals surface area contributed by atoms with Crippen molar-refractivity contribution in [2.24, 2.45) is 0 Å². The van der Waals surface area contributed by atoms with Gasteiger partial charge in [-0.05, 0) is 41.0 Å². The van der Waals surface area contributed by atoms with Gasteiger partial charge in [0.05, 0.1) is 23.7 Å². The summed E-state index contributed by atoms with van der Waals surface area (Å²) in [6, 6.07) is 24.7. The van der Waals surface area contributed by atoms with Crippen molar-refractivity contribution < 1.29 is 27.9 Å². The van der Waals surface area contributed by atoms with Crippen LogP contribution in [-0.2, 0) is 11.0 Å². The predicted molar refractivity (Wildman–Crippen MR) is 129 cm³/mol. The Labute approximate surface area is 205 Å². The van der Waals surface area contributed by atoms with Crippen molar-refractivity contribution in [3.8, 4) is 22.4 Å². The average Bonchev–Trinajstić information content (AvgIpc) is 2.88. The van der Waals surface area contributed by atoms with E-state index in [2.05, 4.69) is 10.3 Å². The fourth-order valence-corrected chi connectivity index (χ4v) is 3.73. The molecule has 3 aromatic carbocycles. The number of pyridine rings is 1. The van der Waals surface area contributed by atoms with E-state index in [9.17, 15) is 27.9 Å². The van der Waals surface area contributed by atoms with Crippen molar-refractivity contribution in [3.05, 3.63) is 114 Å². The number of rotatable bonds is 7. The predicted octanol–water partition coefficient (Wildman–Crippen LogP) is 6.38. The molecular weight excluding hydrogens is 469 g/mol. The third-order valence-electron chi connectivity index (χ3n) is 5.64. The number of aromatic nitrogens is 1. The normalized spacial score (nSPS) is 12.1. The Kier molecular flexibility index (Phi) is 7.15. The molecule has 4 aromatic rings. The number of nitrogens with zero attached hydrogens (tertiary/aromatic N) is 1. The third kappa shape index (κ3) is 5.96. The highest BCUT2D eigenvalue weighted by Gasteiger charge is 2.30. The fraction of sp³-hybridized carbons (Fsp3) is 0.107. The lowest BCUT2D eigenvalue weighted by atomic mass is 9.98. The summed E-state index contributed by atoms with van der Waals surface area (Å²) >= 11 is 0. The van der Waals surface area contributed by atoms with Gasteiger partial charge >= 0.3 is 12.1 Å². The zero-order valence-electron chi connectivity index (χ0n) is 18.9. The molecule has 0 fully saturated rings. The van der Waals surface area contributed by atoms with Crippen LogP contribution in [0.15, 0.2) is 97.2 Å². The van der Waals surface area contributed by atoms with Gasteiger partial charge in [-0.3, -0.25) is 14.6 Å². The van der Waals surface area contributed by atoms with Gasteiger partial charge in [-0.1, -0.05) is 66.7 Å². The fourth-order valence-electron chi connectivity index (χ4n) is 3.73. The molecule has 0 aliphatic carbocycles. The molecule has 0 saturated heterocycles. The number of carboxylic acid groups (broad SMARTS) is 1. The maximum absolute atomic E-state index is 12.9. The standard InChI is InChI=1S/C28H21F3N2O3/c29-28(30,31)23-14-15-24(32-17-23)20-10-12-22(13-11-20)27(36)33-25(16-26(34)35)21-8-6-19(7-9-21)18-4-2-1-3-5-18/h1-15,17,25H,16H2,(H,33,36)(H,34,35). The molecule has 8 heteroatoms. The number of carboxylic acids is 1. The number of carbonyl (C=O) groups excluding carboxylic acids is 1. The van der Waals surface area contributed by atoms with Gasteiger partial charge in [0.2, 0.25) is 0 Å². The first-order valence-corrected chi connectivity index (χ1v) is 11.0. The number of halogens is 3. The van der Waals surface area contributed by atoms with Gasteiger partial charge in [-0.2, -0.15) is 13.2 Å². The van der Waals surface area contributed by atoms with E-state index in [-0.39, 0.29) is 12.0 Å². The molecule has 0 aliphatic rings. The first kappa shape index (κ1) is 24.7. The van der Waals surface area contributed by atoms with Gasteiger partial charge in [0, 0.05) is 17.3 Å².